The molecule has 1 amide bonds. The van der Waals surface area contributed by atoms with Gasteiger partial charge in [0.05, 0.1) is 15.7 Å². The summed E-state index contributed by atoms with van der Waals surface area (Å²) in [5.74, 6) is 0.460. The summed E-state index contributed by atoms with van der Waals surface area (Å²) in [5.41, 5.74) is 1.55. The summed E-state index contributed by atoms with van der Waals surface area (Å²) in [4.78, 5) is 20.2. The molecule has 6 nitrogen and oxygen atoms in total. The maximum absolute atomic E-state index is 13.2. The van der Waals surface area contributed by atoms with Gasteiger partial charge in [-0.05, 0) is 74.3 Å². The maximum atomic E-state index is 13.2. The van der Waals surface area contributed by atoms with E-state index in [0.29, 0.717) is 22.5 Å². The van der Waals surface area contributed by atoms with Gasteiger partial charge in [-0.3, -0.25) is 4.79 Å². The van der Waals surface area contributed by atoms with Gasteiger partial charge in [0, 0.05) is 25.0 Å². The molecule has 0 radical (unpaired) electrons. The summed E-state index contributed by atoms with van der Waals surface area (Å²) in [5, 5.41) is 2.60. The number of sulfone groups is 1. The second-order valence-corrected chi connectivity index (χ2v) is 11.9. The molecule has 1 N–H and O–H groups in total. The highest BCUT2D eigenvalue weighted by Crippen LogP contribution is 2.49. The molecule has 1 aliphatic heterocycles. The van der Waals surface area contributed by atoms with Crippen LogP contribution in [0.3, 0.4) is 0 Å². The number of carbonyl (C=O) groups excluding carboxylic acids is 1. The van der Waals surface area contributed by atoms with Crippen LogP contribution in [0.4, 0.5) is 11.5 Å². The number of carbonyl (C=O) groups is 1. The fraction of sp³-hybridized carbons (Fsp3) is 0.520. The van der Waals surface area contributed by atoms with Gasteiger partial charge < -0.3 is 10.2 Å². The Kier molecular flexibility index (Phi) is 5.70. The van der Waals surface area contributed by atoms with Crippen molar-refractivity contribution >= 4 is 27.2 Å². The average molecular weight is 454 g/mol. The minimum Gasteiger partial charge on any atom is -0.356 e. The average Bonchev–Trinajstić information content (AvgIpc) is 3.34. The molecule has 0 unspecified atom stereocenters. The third-order valence-electron chi connectivity index (χ3n) is 7.73. The fourth-order valence-corrected chi connectivity index (χ4v) is 7.43. The van der Waals surface area contributed by atoms with Gasteiger partial charge in [0.15, 0.2) is 9.84 Å². The molecular weight excluding hydrogens is 422 g/mol. The van der Waals surface area contributed by atoms with E-state index in [4.69, 9.17) is 0 Å². The predicted octanol–water partition coefficient (Wildman–Crippen LogP) is 4.82. The van der Waals surface area contributed by atoms with Crippen molar-refractivity contribution in [3.8, 4) is 0 Å². The normalized spacial score (nSPS) is 20.8. The van der Waals surface area contributed by atoms with E-state index >= 15 is 0 Å². The van der Waals surface area contributed by atoms with Crippen LogP contribution in [-0.4, -0.2) is 37.6 Å². The third-order valence-corrected chi connectivity index (χ3v) is 9.99. The van der Waals surface area contributed by atoms with E-state index in [0.717, 1.165) is 51.6 Å². The van der Waals surface area contributed by atoms with Gasteiger partial charge in [-0.25, -0.2) is 13.4 Å². The summed E-state index contributed by atoms with van der Waals surface area (Å²) < 4.78 is 25.9. The molecule has 5 rings (SSSR count). The highest BCUT2D eigenvalue weighted by atomic mass is 32.2. The van der Waals surface area contributed by atoms with Crippen molar-refractivity contribution in [2.45, 2.75) is 67.9 Å². The zero-order chi connectivity index (χ0) is 22.2. The molecule has 2 heterocycles. The Balaban J connectivity index is 1.33. The maximum Gasteiger partial charge on any atom is 0.259 e. The number of pyridine rings is 1. The van der Waals surface area contributed by atoms with Crippen LogP contribution in [0, 0.1) is 5.41 Å². The van der Waals surface area contributed by atoms with Gasteiger partial charge in [0.2, 0.25) is 0 Å². The van der Waals surface area contributed by atoms with E-state index < -0.39 is 9.84 Å². The fourth-order valence-electron chi connectivity index (χ4n) is 5.54. The molecule has 170 valence electrons. The number of nitrogens with one attached hydrogen (secondary N) is 1. The third kappa shape index (κ3) is 4.03. The Morgan fingerprint density at radius 1 is 1.00 bits per heavy atom. The first-order valence-corrected chi connectivity index (χ1v) is 13.4. The Bertz CT molecular complexity index is 1090. The van der Waals surface area contributed by atoms with E-state index in [2.05, 4.69) is 15.2 Å². The van der Waals surface area contributed by atoms with Crippen LogP contribution < -0.4 is 10.2 Å². The van der Waals surface area contributed by atoms with Crippen molar-refractivity contribution in [1.29, 1.82) is 0 Å². The molecule has 2 saturated carbocycles. The quantitative estimate of drug-likeness (QED) is 0.702. The van der Waals surface area contributed by atoms with Crippen LogP contribution in [-0.2, 0) is 9.84 Å². The molecule has 1 aromatic heterocycles. The van der Waals surface area contributed by atoms with Crippen LogP contribution in [0.15, 0.2) is 47.5 Å². The van der Waals surface area contributed by atoms with E-state index in [-0.39, 0.29) is 16.1 Å². The van der Waals surface area contributed by atoms with Crippen molar-refractivity contribution in [1.82, 2.24) is 4.98 Å². The first-order chi connectivity index (χ1) is 15.5. The van der Waals surface area contributed by atoms with E-state index in [9.17, 15) is 13.2 Å². The molecular formula is C25H31N3O3S. The van der Waals surface area contributed by atoms with Crippen LogP contribution in [0.2, 0.25) is 0 Å². The minimum atomic E-state index is -3.37. The van der Waals surface area contributed by atoms with Crippen molar-refractivity contribution in [2.75, 3.05) is 23.3 Å². The number of hydrogen-bond acceptors (Lipinski definition) is 5. The predicted molar refractivity (Wildman–Crippen MR) is 126 cm³/mol. The first kappa shape index (κ1) is 21.4. The molecule has 2 aliphatic carbocycles. The topological polar surface area (TPSA) is 79.4 Å². The Hall–Kier alpha value is -2.41. The van der Waals surface area contributed by atoms with Crippen molar-refractivity contribution in [2.24, 2.45) is 5.41 Å². The molecule has 2 aromatic rings. The van der Waals surface area contributed by atoms with Gasteiger partial charge >= 0.3 is 0 Å². The van der Waals surface area contributed by atoms with E-state index in [1.54, 1.807) is 42.6 Å². The van der Waals surface area contributed by atoms with E-state index in [1.165, 1.54) is 19.3 Å². The zero-order valence-corrected chi connectivity index (χ0v) is 19.2. The number of aromatic nitrogens is 1. The lowest BCUT2D eigenvalue weighted by atomic mass is 9.63. The second-order valence-electron chi connectivity index (χ2n) is 9.65. The summed E-state index contributed by atoms with van der Waals surface area (Å²) in [6, 6.07) is 10.2. The number of piperidine rings is 1. The lowest BCUT2D eigenvalue weighted by molar-refractivity contribution is 0.0950. The molecule has 1 spiro atoms. The summed E-state index contributed by atoms with van der Waals surface area (Å²) in [7, 11) is -3.37. The SMILES string of the molecule is O=C(Nc1cccc(S(=O)(=O)C2CCCC2)c1)c1cccnc1N1CCC2(CCC2)CC1. The van der Waals surface area contributed by atoms with Crippen molar-refractivity contribution in [3.63, 3.8) is 0 Å². The number of rotatable bonds is 5. The minimum absolute atomic E-state index is 0.257. The zero-order valence-electron chi connectivity index (χ0n) is 18.4. The molecule has 0 atom stereocenters. The Morgan fingerprint density at radius 2 is 1.75 bits per heavy atom. The summed E-state index contributed by atoms with van der Waals surface area (Å²) >= 11 is 0. The van der Waals surface area contributed by atoms with Gasteiger partial charge in [0.1, 0.15) is 5.82 Å². The van der Waals surface area contributed by atoms with E-state index in [1.807, 2.05) is 0 Å². The van der Waals surface area contributed by atoms with Gasteiger partial charge in [-0.1, -0.05) is 25.3 Å². The molecule has 7 heteroatoms. The summed E-state index contributed by atoms with van der Waals surface area (Å²) in [6.45, 7) is 1.85. The lowest BCUT2D eigenvalue weighted by Crippen LogP contribution is -2.44. The molecule has 1 aromatic carbocycles. The van der Waals surface area contributed by atoms with Gasteiger partial charge in [-0.15, -0.1) is 0 Å². The Labute approximate surface area is 190 Å². The first-order valence-electron chi connectivity index (χ1n) is 11.8. The molecule has 32 heavy (non-hydrogen) atoms. The van der Waals surface area contributed by atoms with Crippen LogP contribution in [0.1, 0.15) is 68.1 Å². The standard InChI is InChI=1S/C25H31N3O3S/c29-24(27-19-6-3-9-21(18-19)32(30,31)20-7-1-2-8-20)22-10-4-15-26-23(22)28-16-13-25(14-17-28)11-5-12-25/h3-4,6,9-10,15,18,20H,1-2,5,7-8,11-14,16-17H2,(H,27,29). The molecule has 3 aliphatic rings. The van der Waals surface area contributed by atoms with Gasteiger partial charge in [0.25, 0.3) is 5.91 Å². The summed E-state index contributed by atoms with van der Waals surface area (Å²) in [6.07, 6.45) is 11.4. The molecule has 3 fully saturated rings. The molecule has 0 bridgehead atoms. The van der Waals surface area contributed by atoms with Crippen molar-refractivity contribution in [3.05, 3.63) is 48.2 Å². The van der Waals surface area contributed by atoms with Crippen LogP contribution in [0.5, 0.6) is 0 Å². The number of benzene rings is 1. The molecule has 1 saturated heterocycles. The largest absolute Gasteiger partial charge is 0.356 e. The Morgan fingerprint density at radius 3 is 2.44 bits per heavy atom. The van der Waals surface area contributed by atoms with Crippen LogP contribution in [0.25, 0.3) is 0 Å². The lowest BCUT2D eigenvalue weighted by Gasteiger charge is -2.48. The number of nitrogens with zero attached hydrogens (tertiary/aromatic N) is 2. The van der Waals surface area contributed by atoms with Crippen LogP contribution >= 0.6 is 0 Å². The van der Waals surface area contributed by atoms with Crippen molar-refractivity contribution < 1.29 is 13.2 Å². The monoisotopic (exact) mass is 453 g/mol. The highest BCUT2D eigenvalue weighted by molar-refractivity contribution is 7.92. The smallest absolute Gasteiger partial charge is 0.259 e. The van der Waals surface area contributed by atoms with Gasteiger partial charge in [-0.2, -0.15) is 0 Å². The number of amides is 1. The highest BCUT2D eigenvalue weighted by Gasteiger charge is 2.40. The number of hydrogen-bond donors (Lipinski definition) is 1. The number of anilines is 2. The second kappa shape index (κ2) is 8.50.